The zero-order valence-electron chi connectivity index (χ0n) is 19.5. The summed E-state index contributed by atoms with van der Waals surface area (Å²) < 4.78 is 31.9. The highest BCUT2D eigenvalue weighted by atomic mass is 32.2. The van der Waals surface area contributed by atoms with Crippen LogP contribution in [0.15, 0.2) is 14.6 Å². The molecule has 1 aromatic heterocycles. The van der Waals surface area contributed by atoms with Crippen molar-refractivity contribution in [2.24, 2.45) is 9.50 Å². The molecule has 2 unspecified atom stereocenters. The average molecular weight is 497 g/mol. The Morgan fingerprint density at radius 2 is 2.00 bits per heavy atom. The molecule has 0 aliphatic carbocycles. The van der Waals surface area contributed by atoms with Crippen molar-refractivity contribution in [2.75, 3.05) is 6.61 Å². The van der Waals surface area contributed by atoms with Gasteiger partial charge in [0.05, 0.1) is 24.3 Å². The summed E-state index contributed by atoms with van der Waals surface area (Å²) in [4.78, 5) is 17.0. The van der Waals surface area contributed by atoms with Crippen LogP contribution in [0.5, 0.6) is 0 Å². The molecular weight excluding hydrogens is 467 g/mol. The van der Waals surface area contributed by atoms with Crippen molar-refractivity contribution in [3.8, 4) is 6.07 Å². The highest BCUT2D eigenvalue weighted by molar-refractivity contribution is 7.93. The molecule has 11 heteroatoms. The third kappa shape index (κ3) is 5.65. The molecule has 2 aromatic rings. The Morgan fingerprint density at radius 3 is 2.48 bits per heavy atom. The predicted octanol–water partition coefficient (Wildman–Crippen LogP) is 3.38. The van der Waals surface area contributed by atoms with E-state index < -0.39 is 33.8 Å². The van der Waals surface area contributed by atoms with Crippen molar-refractivity contribution in [2.45, 2.75) is 69.6 Å². The van der Waals surface area contributed by atoms with Crippen LogP contribution in [0.3, 0.4) is 0 Å². The molecule has 4 N–H and O–H groups in total. The number of amides is 1. The van der Waals surface area contributed by atoms with Gasteiger partial charge >= 0.3 is 0 Å². The van der Waals surface area contributed by atoms with Crippen molar-refractivity contribution in [3.63, 3.8) is 0 Å². The van der Waals surface area contributed by atoms with E-state index in [1.165, 1.54) is 19.9 Å². The van der Waals surface area contributed by atoms with E-state index in [-0.39, 0.29) is 44.3 Å². The van der Waals surface area contributed by atoms with Crippen molar-refractivity contribution < 1.29 is 23.6 Å². The molecule has 0 saturated carbocycles. The van der Waals surface area contributed by atoms with E-state index in [1.807, 2.05) is 19.9 Å². The molecule has 180 valence electrons. The molecule has 0 spiro atoms. The molecule has 0 saturated heterocycles. The Bertz CT molecular complexity index is 1240. The summed E-state index contributed by atoms with van der Waals surface area (Å²) in [5.41, 5.74) is -0.236. The standard InChI is InChI=1S/C22H29FN4O4S2/c1-11(2)15-7-14(9-24)19(23)18(12(3)4)16(15)8-17(29)27-33(25,31)20-13(5)26-21(32-20)22(6,30)10-28/h7,11-12,28,30H,8,10H2,1-6H3,(H2,25,27,29,31). The first-order valence-electron chi connectivity index (χ1n) is 10.3. The molecule has 33 heavy (non-hydrogen) atoms. The van der Waals surface area contributed by atoms with Crippen LogP contribution >= 0.6 is 11.3 Å². The first-order valence-corrected chi connectivity index (χ1v) is 12.7. The number of aliphatic hydroxyl groups excluding tert-OH is 1. The highest BCUT2D eigenvalue weighted by Crippen LogP contribution is 2.34. The fraction of sp³-hybridized carbons (Fsp3) is 0.500. The van der Waals surface area contributed by atoms with Gasteiger partial charge < -0.3 is 10.2 Å². The second-order valence-electron chi connectivity index (χ2n) is 8.70. The van der Waals surface area contributed by atoms with Gasteiger partial charge in [0, 0.05) is 0 Å². The maximum Gasteiger partial charge on any atom is 0.259 e. The monoisotopic (exact) mass is 496 g/mol. The Labute approximate surface area is 197 Å². The molecule has 8 nitrogen and oxygen atoms in total. The lowest BCUT2D eigenvalue weighted by Gasteiger charge is -2.20. The largest absolute Gasteiger partial charge is 0.393 e. The predicted molar refractivity (Wildman–Crippen MR) is 125 cm³/mol. The molecule has 0 fully saturated rings. The van der Waals surface area contributed by atoms with E-state index in [1.54, 1.807) is 13.8 Å². The lowest BCUT2D eigenvalue weighted by Crippen LogP contribution is -2.25. The summed E-state index contributed by atoms with van der Waals surface area (Å²) in [6.45, 7) is 9.50. The number of hydrogen-bond donors (Lipinski definition) is 3. The number of aliphatic hydroxyl groups is 2. The Balaban J connectivity index is 2.58. The molecule has 1 heterocycles. The maximum atomic E-state index is 15.0. The van der Waals surface area contributed by atoms with Crippen molar-refractivity contribution >= 4 is 27.2 Å². The van der Waals surface area contributed by atoms with Crippen LogP contribution in [0, 0.1) is 24.1 Å². The number of carbonyl (C=O) groups excluding carboxylic acids is 1. The molecule has 0 aliphatic heterocycles. The number of nitrogens with two attached hydrogens (primary N) is 1. The van der Waals surface area contributed by atoms with E-state index >= 15 is 0 Å². The Kier molecular flexibility index (Phi) is 8.14. The minimum absolute atomic E-state index is 0.0127. The number of halogens is 1. The molecule has 1 aromatic carbocycles. The van der Waals surface area contributed by atoms with Crippen LogP contribution in [0.25, 0.3) is 0 Å². The Morgan fingerprint density at radius 1 is 1.39 bits per heavy atom. The molecule has 2 rings (SSSR count). The molecule has 2 atom stereocenters. The van der Waals surface area contributed by atoms with E-state index in [9.17, 15) is 28.9 Å². The number of rotatable bonds is 7. The van der Waals surface area contributed by atoms with E-state index in [0.717, 1.165) is 11.3 Å². The van der Waals surface area contributed by atoms with Gasteiger partial charge in [0.2, 0.25) is 0 Å². The van der Waals surface area contributed by atoms with E-state index in [0.29, 0.717) is 11.1 Å². The van der Waals surface area contributed by atoms with Crippen molar-refractivity contribution in [1.82, 2.24) is 4.98 Å². The first kappa shape index (κ1) is 27.0. The second kappa shape index (κ2) is 9.95. The molecular formula is C22H29FN4O4S2. The van der Waals surface area contributed by atoms with Gasteiger partial charge in [-0.05, 0) is 48.4 Å². The van der Waals surface area contributed by atoms with Crippen LogP contribution in [-0.4, -0.2) is 31.9 Å². The van der Waals surface area contributed by atoms with Gasteiger partial charge in [-0.15, -0.1) is 15.7 Å². The smallest absolute Gasteiger partial charge is 0.259 e. The fourth-order valence-corrected chi connectivity index (χ4v) is 6.04. The van der Waals surface area contributed by atoms with Gasteiger partial charge in [0.25, 0.3) is 5.91 Å². The fourth-order valence-electron chi connectivity index (χ4n) is 3.46. The van der Waals surface area contributed by atoms with Crippen LogP contribution in [0.1, 0.15) is 79.4 Å². The van der Waals surface area contributed by atoms with E-state index in [4.69, 9.17) is 5.14 Å². The highest BCUT2D eigenvalue weighted by Gasteiger charge is 2.30. The van der Waals surface area contributed by atoms with Crippen LogP contribution in [0.2, 0.25) is 0 Å². The molecule has 0 aliphatic rings. The lowest BCUT2D eigenvalue weighted by molar-refractivity contribution is -0.117. The minimum Gasteiger partial charge on any atom is -0.393 e. The van der Waals surface area contributed by atoms with Gasteiger partial charge in [-0.1, -0.05) is 27.7 Å². The van der Waals surface area contributed by atoms with Crippen LogP contribution in [-0.2, 0) is 26.7 Å². The summed E-state index contributed by atoms with van der Waals surface area (Å²) in [6, 6.07) is 3.29. The number of aromatic nitrogens is 1. The Hall–Kier alpha value is -2.23. The summed E-state index contributed by atoms with van der Waals surface area (Å²) >= 11 is 0.806. The molecule has 0 bridgehead atoms. The molecule has 1 amide bonds. The average Bonchev–Trinajstić information content (AvgIpc) is 3.10. The normalized spacial score (nSPS) is 15.2. The second-order valence-corrected chi connectivity index (χ2v) is 11.7. The number of nitrogens with zero attached hydrogens (tertiary/aromatic N) is 3. The SMILES string of the molecule is Cc1nc(C(C)(O)CO)sc1S(N)(=O)=NC(=O)Cc1c(C(C)C)cc(C#N)c(F)c1C(C)C. The summed E-state index contributed by atoms with van der Waals surface area (Å²) in [5.74, 6) is -1.90. The summed E-state index contributed by atoms with van der Waals surface area (Å²) in [7, 11) is -3.70. The third-order valence-corrected chi connectivity index (χ3v) is 8.59. The summed E-state index contributed by atoms with van der Waals surface area (Å²) in [5, 5.41) is 34.9. The van der Waals surface area contributed by atoms with Gasteiger partial charge in [0.15, 0.2) is 9.92 Å². The first-order chi connectivity index (χ1) is 15.2. The third-order valence-electron chi connectivity index (χ3n) is 5.12. The van der Waals surface area contributed by atoms with Gasteiger partial charge in [-0.3, -0.25) is 4.79 Å². The number of benzene rings is 1. The number of aryl methyl sites for hydroxylation is 1. The molecule has 0 radical (unpaired) electrons. The number of hydrogen-bond acceptors (Lipinski definition) is 7. The van der Waals surface area contributed by atoms with Gasteiger partial charge in [0.1, 0.15) is 26.7 Å². The maximum absolute atomic E-state index is 15.0. The number of thiazole rings is 1. The minimum atomic E-state index is -3.70. The summed E-state index contributed by atoms with van der Waals surface area (Å²) in [6.07, 6.45) is -0.336. The van der Waals surface area contributed by atoms with E-state index in [2.05, 4.69) is 9.35 Å². The van der Waals surface area contributed by atoms with Crippen LogP contribution < -0.4 is 5.14 Å². The van der Waals surface area contributed by atoms with Crippen molar-refractivity contribution in [1.29, 1.82) is 5.26 Å². The zero-order valence-corrected chi connectivity index (χ0v) is 21.1. The van der Waals surface area contributed by atoms with Crippen LogP contribution in [0.4, 0.5) is 4.39 Å². The number of nitriles is 1. The quantitative estimate of drug-likeness (QED) is 0.535. The van der Waals surface area contributed by atoms with Crippen molar-refractivity contribution in [3.05, 3.63) is 44.8 Å². The zero-order chi connectivity index (χ0) is 25.3. The van der Waals surface area contributed by atoms with Gasteiger partial charge in [-0.2, -0.15) is 5.26 Å². The number of carbonyl (C=O) groups is 1. The van der Waals surface area contributed by atoms with Gasteiger partial charge in [-0.25, -0.2) is 18.7 Å². The lowest BCUT2D eigenvalue weighted by atomic mass is 9.85. The topological polar surface area (TPSA) is 150 Å².